The highest BCUT2D eigenvalue weighted by atomic mass is 15.2. The Bertz CT molecular complexity index is 3770. The van der Waals surface area contributed by atoms with Crippen LogP contribution in [0, 0.1) is 0 Å². The van der Waals surface area contributed by atoms with Gasteiger partial charge in [-0.3, -0.25) is 4.57 Å². The largest absolute Gasteiger partial charge is 0.309 e. The fraction of sp³-hybridized carbons (Fsp3) is 0.0545. The fourth-order valence-corrected chi connectivity index (χ4v) is 10.4. The first-order chi connectivity index (χ1) is 29.0. The molecule has 0 saturated carbocycles. The molecule has 4 nitrogen and oxygen atoms in total. The zero-order valence-corrected chi connectivity index (χ0v) is 32.6. The molecule has 0 radical (unpaired) electrons. The van der Waals surface area contributed by atoms with Crippen LogP contribution < -0.4 is 0 Å². The van der Waals surface area contributed by atoms with E-state index in [9.17, 15) is 0 Å². The van der Waals surface area contributed by atoms with Crippen molar-refractivity contribution in [2.45, 2.75) is 19.3 Å². The molecule has 0 saturated heterocycles. The van der Waals surface area contributed by atoms with Crippen LogP contribution in [0.1, 0.15) is 25.0 Å². The molecular formula is C55H36N4. The lowest BCUT2D eigenvalue weighted by atomic mass is 9.82. The number of hydrogen-bond acceptors (Lipinski definition) is 2. The minimum absolute atomic E-state index is 0.128. The van der Waals surface area contributed by atoms with Gasteiger partial charge in [-0.05, 0) is 86.3 Å². The molecule has 1 aliphatic rings. The van der Waals surface area contributed by atoms with Crippen molar-refractivity contribution in [2.24, 2.45) is 0 Å². The van der Waals surface area contributed by atoms with Gasteiger partial charge in [0.25, 0.3) is 0 Å². The highest BCUT2D eigenvalue weighted by Crippen LogP contribution is 2.52. The summed E-state index contributed by atoms with van der Waals surface area (Å²) < 4.78 is 4.73. The third-order valence-corrected chi connectivity index (χ3v) is 13.1. The normalized spacial score (nSPS) is 13.4. The summed E-state index contributed by atoms with van der Waals surface area (Å²) in [6.45, 7) is 4.68. The van der Waals surface area contributed by atoms with E-state index in [-0.39, 0.29) is 5.41 Å². The first-order valence-corrected chi connectivity index (χ1v) is 20.4. The SMILES string of the molecule is CC1(C)c2ccccc2-c2c(-c3nc(-n4c5cc(-n6c7ccccc7c7cc8ccccc8cc76)ccc5c5c6ccccc6ccc54)nc4ccccc34)cccc21. The average Bonchev–Trinajstić information content (AvgIpc) is 3.87. The Hall–Kier alpha value is -7.56. The van der Waals surface area contributed by atoms with Crippen molar-refractivity contribution < 1.29 is 0 Å². The number of para-hydroxylation sites is 2. The second kappa shape index (κ2) is 11.7. The molecule has 3 heterocycles. The van der Waals surface area contributed by atoms with Crippen LogP contribution in [-0.4, -0.2) is 19.1 Å². The first kappa shape index (κ1) is 32.5. The van der Waals surface area contributed by atoms with Gasteiger partial charge in [-0.1, -0.05) is 153 Å². The molecule has 0 aliphatic heterocycles. The van der Waals surface area contributed by atoms with Crippen LogP contribution in [0.4, 0.5) is 0 Å². The topological polar surface area (TPSA) is 35.6 Å². The van der Waals surface area contributed by atoms with E-state index >= 15 is 0 Å². The number of nitrogens with zero attached hydrogens (tertiary/aromatic N) is 4. The Morgan fingerprint density at radius 1 is 0.407 bits per heavy atom. The zero-order valence-electron chi connectivity index (χ0n) is 32.6. The van der Waals surface area contributed by atoms with Crippen molar-refractivity contribution in [3.05, 3.63) is 193 Å². The Morgan fingerprint density at radius 2 is 1.08 bits per heavy atom. The molecule has 12 aromatic rings. The van der Waals surface area contributed by atoms with Crippen molar-refractivity contribution in [3.63, 3.8) is 0 Å². The Morgan fingerprint density at radius 3 is 1.97 bits per heavy atom. The summed E-state index contributed by atoms with van der Waals surface area (Å²) in [6, 6.07) is 66.3. The standard InChI is InChI=1S/C55H36N4/c1-55(2)44-22-10-7-19-39(44)51-42(21-13-23-45(51)55)53-40-20-8-11-24-46(40)56-54(57-53)59-48-29-26-33-14-5-6-17-37(33)52(48)41-28-27-36(32-50(41)59)58-47-25-12-9-18-38(47)43-30-34-15-3-4-16-35(34)31-49(43)58/h3-32H,1-2H3. The molecule has 9 aromatic carbocycles. The molecule has 0 spiro atoms. The summed E-state index contributed by atoms with van der Waals surface area (Å²) in [5, 5.41) is 10.8. The minimum atomic E-state index is -0.128. The Kier molecular flexibility index (Phi) is 6.48. The summed E-state index contributed by atoms with van der Waals surface area (Å²) in [5.74, 6) is 0.655. The van der Waals surface area contributed by atoms with Gasteiger partial charge in [0.2, 0.25) is 5.95 Å². The van der Waals surface area contributed by atoms with Gasteiger partial charge in [0.05, 0.1) is 33.3 Å². The Labute approximate surface area is 340 Å². The fourth-order valence-electron chi connectivity index (χ4n) is 10.4. The number of hydrogen-bond donors (Lipinski definition) is 0. The lowest BCUT2D eigenvalue weighted by Gasteiger charge is -2.21. The summed E-state index contributed by atoms with van der Waals surface area (Å²) in [6.07, 6.45) is 0. The van der Waals surface area contributed by atoms with Crippen LogP contribution in [0.3, 0.4) is 0 Å². The van der Waals surface area contributed by atoms with Crippen LogP contribution in [0.25, 0.3) is 110 Å². The van der Waals surface area contributed by atoms with Gasteiger partial charge >= 0.3 is 0 Å². The molecule has 1 aliphatic carbocycles. The van der Waals surface area contributed by atoms with E-state index in [1.807, 2.05) is 0 Å². The molecule has 0 amide bonds. The predicted molar refractivity (Wildman–Crippen MR) is 246 cm³/mol. The second-order valence-corrected chi connectivity index (χ2v) is 16.6. The van der Waals surface area contributed by atoms with Gasteiger partial charge < -0.3 is 4.57 Å². The molecule has 59 heavy (non-hydrogen) atoms. The van der Waals surface area contributed by atoms with Crippen molar-refractivity contribution >= 4 is 76.1 Å². The van der Waals surface area contributed by atoms with E-state index in [2.05, 4.69) is 205 Å². The van der Waals surface area contributed by atoms with Crippen molar-refractivity contribution in [1.29, 1.82) is 0 Å². The molecule has 0 atom stereocenters. The lowest BCUT2D eigenvalue weighted by molar-refractivity contribution is 0.660. The van der Waals surface area contributed by atoms with Gasteiger partial charge in [-0.2, -0.15) is 0 Å². The number of rotatable bonds is 3. The molecule has 4 heteroatoms. The Balaban J connectivity index is 1.14. The highest BCUT2D eigenvalue weighted by molar-refractivity contribution is 6.22. The molecule has 0 fully saturated rings. The number of benzene rings is 9. The number of fused-ring (bicyclic) bond motifs is 13. The van der Waals surface area contributed by atoms with E-state index < -0.39 is 0 Å². The van der Waals surface area contributed by atoms with Gasteiger partial charge in [-0.25, -0.2) is 9.97 Å². The van der Waals surface area contributed by atoms with Crippen molar-refractivity contribution in [1.82, 2.24) is 19.1 Å². The van der Waals surface area contributed by atoms with Gasteiger partial charge in [0.15, 0.2) is 0 Å². The van der Waals surface area contributed by atoms with E-state index in [1.54, 1.807) is 0 Å². The molecule has 0 bridgehead atoms. The summed E-state index contributed by atoms with van der Waals surface area (Å²) >= 11 is 0. The first-order valence-electron chi connectivity index (χ1n) is 20.4. The van der Waals surface area contributed by atoms with E-state index in [1.165, 1.54) is 76.4 Å². The maximum absolute atomic E-state index is 5.66. The van der Waals surface area contributed by atoms with Crippen LogP contribution in [-0.2, 0) is 5.41 Å². The predicted octanol–water partition coefficient (Wildman–Crippen LogP) is 14.1. The maximum Gasteiger partial charge on any atom is 0.235 e. The van der Waals surface area contributed by atoms with Gasteiger partial charge in [-0.15, -0.1) is 0 Å². The van der Waals surface area contributed by atoms with Crippen LogP contribution in [0.2, 0.25) is 0 Å². The molecule has 276 valence electrons. The van der Waals surface area contributed by atoms with E-state index in [0.717, 1.165) is 38.9 Å². The average molecular weight is 753 g/mol. The van der Waals surface area contributed by atoms with Gasteiger partial charge in [0.1, 0.15) is 0 Å². The quantitative estimate of drug-likeness (QED) is 0.180. The molecular weight excluding hydrogens is 717 g/mol. The van der Waals surface area contributed by atoms with Crippen molar-refractivity contribution in [2.75, 3.05) is 0 Å². The van der Waals surface area contributed by atoms with Gasteiger partial charge in [0, 0.05) is 43.6 Å². The van der Waals surface area contributed by atoms with Crippen molar-refractivity contribution in [3.8, 4) is 34.0 Å². The third kappa shape index (κ3) is 4.43. The second-order valence-electron chi connectivity index (χ2n) is 16.6. The molecule has 0 unspecified atom stereocenters. The summed E-state index contributed by atoms with van der Waals surface area (Å²) in [7, 11) is 0. The van der Waals surface area contributed by atoms with Crippen LogP contribution in [0.15, 0.2) is 182 Å². The van der Waals surface area contributed by atoms with Crippen LogP contribution in [0.5, 0.6) is 0 Å². The molecule has 13 rings (SSSR count). The minimum Gasteiger partial charge on any atom is -0.309 e. The monoisotopic (exact) mass is 752 g/mol. The summed E-state index contributed by atoms with van der Waals surface area (Å²) in [5.41, 5.74) is 13.7. The third-order valence-electron chi connectivity index (χ3n) is 13.1. The zero-order chi connectivity index (χ0) is 39.0. The highest BCUT2D eigenvalue weighted by Gasteiger charge is 2.37. The lowest BCUT2D eigenvalue weighted by Crippen LogP contribution is -2.14. The van der Waals surface area contributed by atoms with E-state index in [4.69, 9.17) is 9.97 Å². The van der Waals surface area contributed by atoms with E-state index in [0.29, 0.717) is 5.95 Å². The molecule has 0 N–H and O–H groups in total. The maximum atomic E-state index is 5.66. The smallest absolute Gasteiger partial charge is 0.235 e. The van der Waals surface area contributed by atoms with Crippen LogP contribution >= 0.6 is 0 Å². The number of aromatic nitrogens is 4. The molecule has 3 aromatic heterocycles. The summed E-state index contributed by atoms with van der Waals surface area (Å²) in [4.78, 5) is 11.1.